The van der Waals surface area contributed by atoms with E-state index in [1.54, 1.807) is 14.0 Å². The fourth-order valence-corrected chi connectivity index (χ4v) is 1.52. The van der Waals surface area contributed by atoms with E-state index in [9.17, 15) is 4.79 Å². The molecule has 17 heavy (non-hydrogen) atoms. The molecule has 0 aliphatic rings. The molecule has 2 aromatic rings. The van der Waals surface area contributed by atoms with Crippen LogP contribution in [0.4, 0.5) is 0 Å². The number of rotatable bonds is 3. The summed E-state index contributed by atoms with van der Waals surface area (Å²) in [4.78, 5) is 15.6. The summed E-state index contributed by atoms with van der Waals surface area (Å²) in [6.07, 6.45) is 0.489. The molecule has 0 saturated carbocycles. The Morgan fingerprint density at radius 3 is 2.65 bits per heavy atom. The number of nitrogens with one attached hydrogen (secondary N) is 1. The van der Waals surface area contributed by atoms with Crippen molar-refractivity contribution in [3.8, 4) is 5.75 Å². The number of benzene rings is 1. The summed E-state index contributed by atoms with van der Waals surface area (Å²) in [7, 11) is 1.62. The molecule has 5 nitrogen and oxygen atoms in total. The Labute approximate surface area is 98.5 Å². The topological polar surface area (TPSA) is 67.9 Å². The first-order chi connectivity index (χ1) is 8.19. The Kier molecular flexibility index (Phi) is 3.18. The second-order valence-electron chi connectivity index (χ2n) is 3.68. The molecule has 0 atom stereocenters. The van der Waals surface area contributed by atoms with Crippen molar-refractivity contribution in [2.75, 3.05) is 7.11 Å². The van der Waals surface area contributed by atoms with Gasteiger partial charge in [-0.05, 0) is 24.6 Å². The second-order valence-corrected chi connectivity index (χ2v) is 3.68. The van der Waals surface area contributed by atoms with E-state index >= 15 is 0 Å². The molecule has 0 amide bonds. The van der Waals surface area contributed by atoms with Crippen molar-refractivity contribution in [1.82, 2.24) is 15.2 Å². The van der Waals surface area contributed by atoms with Gasteiger partial charge in [0.25, 0.3) is 5.56 Å². The summed E-state index contributed by atoms with van der Waals surface area (Å²) in [6.45, 7) is 1.74. The van der Waals surface area contributed by atoms with E-state index in [0.29, 0.717) is 17.9 Å². The van der Waals surface area contributed by atoms with E-state index in [-0.39, 0.29) is 5.56 Å². The van der Waals surface area contributed by atoms with Gasteiger partial charge in [0.05, 0.1) is 7.11 Å². The zero-order chi connectivity index (χ0) is 12.3. The summed E-state index contributed by atoms with van der Waals surface area (Å²) in [5.41, 5.74) is 1.24. The van der Waals surface area contributed by atoms with Crippen molar-refractivity contribution in [3.05, 3.63) is 51.7 Å². The zero-order valence-electron chi connectivity index (χ0n) is 9.73. The summed E-state index contributed by atoms with van der Waals surface area (Å²) in [6, 6.07) is 7.54. The summed E-state index contributed by atoms with van der Waals surface area (Å²) in [5, 5.41) is 6.16. The fourth-order valence-electron chi connectivity index (χ4n) is 1.52. The highest BCUT2D eigenvalue weighted by molar-refractivity contribution is 5.29. The lowest BCUT2D eigenvalue weighted by Crippen LogP contribution is -2.18. The Balaban J connectivity index is 2.25. The highest BCUT2D eigenvalue weighted by Crippen LogP contribution is 2.12. The maximum atomic E-state index is 11.5. The Morgan fingerprint density at radius 1 is 1.29 bits per heavy atom. The number of ether oxygens (including phenoxy) is 1. The molecule has 1 N–H and O–H groups in total. The predicted molar refractivity (Wildman–Crippen MR) is 63.2 cm³/mol. The quantitative estimate of drug-likeness (QED) is 0.858. The number of aromatic nitrogens is 3. The average Bonchev–Trinajstić information content (AvgIpc) is 2.35. The van der Waals surface area contributed by atoms with Gasteiger partial charge in [-0.1, -0.05) is 12.1 Å². The summed E-state index contributed by atoms with van der Waals surface area (Å²) in [5.74, 6) is 1.36. The number of hydrogen-bond donors (Lipinski definition) is 1. The van der Waals surface area contributed by atoms with Gasteiger partial charge in [0.15, 0.2) is 0 Å². The standard InChI is InChI=1S/C12H13N3O2/c1-8-13-11(12(16)15-14-8)7-9-3-5-10(17-2)6-4-9/h3-6H,7H2,1-2H3,(H,15,16). The molecule has 1 heterocycles. The molecule has 1 aromatic carbocycles. The van der Waals surface area contributed by atoms with Crippen LogP contribution in [0.5, 0.6) is 5.75 Å². The first kappa shape index (κ1) is 11.3. The van der Waals surface area contributed by atoms with Gasteiger partial charge < -0.3 is 4.74 Å². The van der Waals surface area contributed by atoms with E-state index in [0.717, 1.165) is 11.3 Å². The molecule has 0 aliphatic heterocycles. The van der Waals surface area contributed by atoms with Gasteiger partial charge in [-0.15, -0.1) is 0 Å². The zero-order valence-corrected chi connectivity index (χ0v) is 9.73. The van der Waals surface area contributed by atoms with Crippen molar-refractivity contribution in [2.45, 2.75) is 13.3 Å². The summed E-state index contributed by atoms with van der Waals surface area (Å²) < 4.78 is 5.07. The van der Waals surface area contributed by atoms with Gasteiger partial charge in [0.1, 0.15) is 17.3 Å². The minimum atomic E-state index is -0.244. The molecule has 5 heteroatoms. The van der Waals surface area contributed by atoms with Crippen LogP contribution in [-0.4, -0.2) is 22.3 Å². The highest BCUT2D eigenvalue weighted by Gasteiger charge is 2.04. The van der Waals surface area contributed by atoms with Crippen molar-refractivity contribution in [2.24, 2.45) is 0 Å². The van der Waals surface area contributed by atoms with Crippen LogP contribution < -0.4 is 10.3 Å². The SMILES string of the molecule is COc1ccc(Cc2nc(C)n[nH]c2=O)cc1. The molecule has 0 bridgehead atoms. The largest absolute Gasteiger partial charge is 0.497 e. The molecule has 0 aliphatic carbocycles. The lowest BCUT2D eigenvalue weighted by Gasteiger charge is -2.03. The maximum absolute atomic E-state index is 11.5. The predicted octanol–water partition coefficient (Wildman–Crippen LogP) is 1.07. The normalized spacial score (nSPS) is 10.2. The van der Waals surface area contributed by atoms with Crippen LogP contribution in [0.2, 0.25) is 0 Å². The fraction of sp³-hybridized carbons (Fsp3) is 0.250. The van der Waals surface area contributed by atoms with Crippen LogP contribution in [0.1, 0.15) is 17.1 Å². The Morgan fingerprint density at radius 2 is 2.00 bits per heavy atom. The number of H-pyrrole nitrogens is 1. The Hall–Kier alpha value is -2.17. The molecular formula is C12H13N3O2. The first-order valence-electron chi connectivity index (χ1n) is 5.24. The number of aryl methyl sites for hydroxylation is 1. The number of nitrogens with zero attached hydrogens (tertiary/aromatic N) is 2. The van der Waals surface area contributed by atoms with Gasteiger partial charge in [-0.2, -0.15) is 5.10 Å². The minimum absolute atomic E-state index is 0.244. The molecular weight excluding hydrogens is 218 g/mol. The first-order valence-corrected chi connectivity index (χ1v) is 5.24. The highest BCUT2D eigenvalue weighted by atomic mass is 16.5. The van der Waals surface area contributed by atoms with Crippen molar-refractivity contribution in [3.63, 3.8) is 0 Å². The van der Waals surface area contributed by atoms with Crippen molar-refractivity contribution < 1.29 is 4.74 Å². The van der Waals surface area contributed by atoms with E-state index in [4.69, 9.17) is 4.74 Å². The maximum Gasteiger partial charge on any atom is 0.286 e. The molecule has 1 aromatic heterocycles. The van der Waals surface area contributed by atoms with Gasteiger partial charge in [-0.3, -0.25) is 4.79 Å². The van der Waals surface area contributed by atoms with E-state index in [2.05, 4.69) is 15.2 Å². The van der Waals surface area contributed by atoms with E-state index in [1.807, 2.05) is 24.3 Å². The molecule has 0 spiro atoms. The van der Waals surface area contributed by atoms with Crippen LogP contribution in [0.15, 0.2) is 29.1 Å². The molecule has 0 radical (unpaired) electrons. The Bertz CT molecular complexity index is 561. The third-order valence-electron chi connectivity index (χ3n) is 2.41. The van der Waals surface area contributed by atoms with Crippen molar-refractivity contribution in [1.29, 1.82) is 0 Å². The number of methoxy groups -OCH3 is 1. The molecule has 2 rings (SSSR count). The smallest absolute Gasteiger partial charge is 0.286 e. The lowest BCUT2D eigenvalue weighted by atomic mass is 10.1. The third kappa shape index (κ3) is 2.69. The second kappa shape index (κ2) is 4.78. The van der Waals surface area contributed by atoms with Crippen LogP contribution >= 0.6 is 0 Å². The monoisotopic (exact) mass is 231 g/mol. The van der Waals surface area contributed by atoms with E-state index in [1.165, 1.54) is 0 Å². The summed E-state index contributed by atoms with van der Waals surface area (Å²) >= 11 is 0. The minimum Gasteiger partial charge on any atom is -0.497 e. The third-order valence-corrected chi connectivity index (χ3v) is 2.41. The molecule has 88 valence electrons. The van der Waals surface area contributed by atoms with Gasteiger partial charge >= 0.3 is 0 Å². The molecule has 0 saturated heterocycles. The number of aromatic amines is 1. The average molecular weight is 231 g/mol. The van der Waals surface area contributed by atoms with Gasteiger partial charge in [0.2, 0.25) is 0 Å². The van der Waals surface area contributed by atoms with Crippen LogP contribution in [0, 0.1) is 6.92 Å². The lowest BCUT2D eigenvalue weighted by molar-refractivity contribution is 0.414. The molecule has 0 unspecified atom stereocenters. The van der Waals surface area contributed by atoms with Crippen LogP contribution in [0.25, 0.3) is 0 Å². The molecule has 0 fully saturated rings. The van der Waals surface area contributed by atoms with Gasteiger partial charge in [0, 0.05) is 6.42 Å². The van der Waals surface area contributed by atoms with E-state index < -0.39 is 0 Å². The van der Waals surface area contributed by atoms with Gasteiger partial charge in [-0.25, -0.2) is 10.1 Å². The van der Waals surface area contributed by atoms with Crippen LogP contribution in [-0.2, 0) is 6.42 Å². The number of hydrogen-bond acceptors (Lipinski definition) is 4. The van der Waals surface area contributed by atoms with Crippen LogP contribution in [0.3, 0.4) is 0 Å². The van der Waals surface area contributed by atoms with Crippen molar-refractivity contribution >= 4 is 0 Å².